The lowest BCUT2D eigenvalue weighted by atomic mass is 9.87. The van der Waals surface area contributed by atoms with E-state index >= 15 is 0 Å². The van der Waals surface area contributed by atoms with Crippen LogP contribution in [0.25, 0.3) is 0 Å². The highest BCUT2D eigenvalue weighted by atomic mass is 127. The molecule has 4 aliphatic rings. The van der Waals surface area contributed by atoms with Crippen molar-refractivity contribution in [2.75, 3.05) is 13.7 Å². The van der Waals surface area contributed by atoms with Gasteiger partial charge < -0.3 is 55.3 Å². The molecule has 0 amide bonds. The lowest BCUT2D eigenvalue weighted by Crippen LogP contribution is -2.69. The number of methoxy groups -OCH3 is 1. The molecule has 0 aromatic rings. The van der Waals surface area contributed by atoms with E-state index < -0.39 is 56.0 Å². The van der Waals surface area contributed by atoms with Crippen molar-refractivity contribution in [2.24, 2.45) is 0 Å². The molecule has 502 valence electrons. The number of hydrogen-bond donors (Lipinski definition) is 1. The third-order valence-corrected chi connectivity index (χ3v) is 48.9. The number of esters is 1. The van der Waals surface area contributed by atoms with Gasteiger partial charge >= 0.3 is 5.97 Å². The minimum Gasteiger partial charge on any atom is -0.469 e. The minimum absolute atomic E-state index is 0. The summed E-state index contributed by atoms with van der Waals surface area (Å²) in [4.78, 5) is 12.3. The van der Waals surface area contributed by atoms with Crippen molar-refractivity contribution in [3.63, 3.8) is 0 Å². The molecule has 1 N–H and O–H groups in total. The van der Waals surface area contributed by atoms with Crippen LogP contribution in [0.1, 0.15) is 171 Å². The van der Waals surface area contributed by atoms with Crippen LogP contribution in [-0.4, -0.2) is 160 Å². The van der Waals surface area contributed by atoms with Gasteiger partial charge in [-0.25, -0.2) is 0 Å². The van der Waals surface area contributed by atoms with Crippen LogP contribution in [0.5, 0.6) is 0 Å². The molecule has 0 aliphatic carbocycles. The highest BCUT2D eigenvalue weighted by molar-refractivity contribution is 14.1. The Bertz CT molecular complexity index is 2140. The third kappa shape index (κ3) is 21.4. The summed E-state index contributed by atoms with van der Waals surface area (Å²) in [7, 11) is -12.0. The summed E-state index contributed by atoms with van der Waals surface area (Å²) in [6, 6.07) is 0. The maximum absolute atomic E-state index is 12.3. The summed E-state index contributed by atoms with van der Waals surface area (Å²) >= 11 is 4.59. The monoisotopic (exact) mass is 1530 g/mol. The van der Waals surface area contributed by atoms with Gasteiger partial charge in [-0.15, -0.1) is 0 Å². The van der Waals surface area contributed by atoms with E-state index in [0.717, 1.165) is 25.7 Å². The van der Waals surface area contributed by atoms with E-state index in [1.807, 2.05) is 4.08 Å². The summed E-state index contributed by atoms with van der Waals surface area (Å²) in [5.74, 6) is -0.260. The molecule has 4 fully saturated rings. The fourth-order valence-corrected chi connectivity index (χ4v) is 18.0. The topological polar surface area (TPSA) is 139 Å². The van der Waals surface area contributed by atoms with Gasteiger partial charge in [0, 0.05) is 6.61 Å². The van der Waals surface area contributed by atoms with Crippen LogP contribution in [0.15, 0.2) is 20.3 Å². The Morgan fingerprint density at radius 1 is 0.471 bits per heavy atom. The highest BCUT2D eigenvalue weighted by Gasteiger charge is 2.60. The van der Waals surface area contributed by atoms with Crippen molar-refractivity contribution in [1.82, 2.24) is 0 Å². The number of aliphatic hydroxyl groups is 1. The van der Waals surface area contributed by atoms with Crippen molar-refractivity contribution in [2.45, 2.75) is 365 Å². The first-order valence-corrected chi connectivity index (χ1v) is 51.5. The zero-order chi connectivity index (χ0) is 65.2. The molecule has 4 rings (SSSR count). The molecule has 14 atom stereocenters. The number of hydrogen-bond acceptors (Lipinski definition) is 13. The Kier molecular flexibility index (Phi) is 29.8. The summed E-state index contributed by atoms with van der Waals surface area (Å²) in [6.45, 7) is 68.7. The van der Waals surface area contributed by atoms with E-state index in [0.29, 0.717) is 6.42 Å². The fourth-order valence-electron chi connectivity index (χ4n) is 9.48. The van der Waals surface area contributed by atoms with Crippen molar-refractivity contribution >= 4 is 101 Å². The van der Waals surface area contributed by atoms with Crippen molar-refractivity contribution in [1.29, 1.82) is 0 Å². The van der Waals surface area contributed by atoms with Gasteiger partial charge in [-0.3, -0.25) is 4.79 Å². The Labute approximate surface area is 555 Å². The third-order valence-electron chi connectivity index (χ3n) is 21.3. The molecule has 4 saturated heterocycles. The Morgan fingerprint density at radius 2 is 0.753 bits per heavy atom. The lowest BCUT2D eigenvalue weighted by Gasteiger charge is -2.56. The molecule has 0 spiro atoms. The number of halogens is 2. The predicted molar refractivity (Wildman–Crippen MR) is 387 cm³/mol. The molecular weight excluding hydrogens is 1400 g/mol. The normalized spacial score (nSPS) is 29.1. The van der Waals surface area contributed by atoms with Crippen LogP contribution >= 0.6 is 45.2 Å². The number of carbonyl (C=O) groups is 1. The maximum Gasteiger partial charge on any atom is 0.308 e. The van der Waals surface area contributed by atoms with E-state index in [1.54, 1.807) is 0 Å². The smallest absolute Gasteiger partial charge is 0.308 e. The first-order chi connectivity index (χ1) is 37.7. The highest BCUT2D eigenvalue weighted by Crippen LogP contribution is 2.50. The van der Waals surface area contributed by atoms with Crippen LogP contribution in [0, 0.1) is 0 Å². The molecule has 4 heterocycles. The molecule has 0 unspecified atom stereocenters. The summed E-state index contributed by atoms with van der Waals surface area (Å²) in [5, 5.41) is 9.82. The zero-order valence-electron chi connectivity index (χ0n) is 58.9. The van der Waals surface area contributed by atoms with E-state index in [-0.39, 0.29) is 136 Å². The molecule has 21 heteroatoms. The average Bonchev–Trinajstić information content (AvgIpc) is 2.63. The van der Waals surface area contributed by atoms with Crippen LogP contribution in [0.2, 0.25) is 109 Å². The number of carbonyl (C=O) groups excluding carboxylic acids is 1. The standard InChI is InChI=1S/C32H63IO7Si3.C31H63IO6Si3.CH4/c1-30(2,3)41(11,12)38-24(19-20-33)27-29(40-43(15,16)32(7,8)9)28(39-42(13,14)31(4,5)6)26-23(37-27)18-17-22(36-26)21-25(34)35-10;1-29(2,3)39(10,11)36-24(18-20-32)26-28(38-41(14,15)31(7,8)9)27(37-40(12,13)30(4,5)6)25-23(35-26)17-16-22(34-25)19-21-33;/h19-20,22-24,26-29H,17-18,21H2,1-16H3;18,20,22-28,33H,16-17,19,21H2,1-15H3;1H4/b20-19+;20-18+;/t22-,23+,24+,26+,27+,28+,29-;22-,23+,24+,25+,26+,27+,28-;/m11./s1. The first-order valence-electron chi connectivity index (χ1n) is 31.6. The summed E-state index contributed by atoms with van der Waals surface area (Å²) in [5.41, 5.74) is 0. The summed E-state index contributed by atoms with van der Waals surface area (Å²) < 4.78 is 80.6. The van der Waals surface area contributed by atoms with Gasteiger partial charge in [0.15, 0.2) is 49.9 Å². The van der Waals surface area contributed by atoms with Crippen molar-refractivity contribution in [3.8, 4) is 0 Å². The zero-order valence-corrected chi connectivity index (χ0v) is 69.3. The number of ether oxygens (including phenoxy) is 5. The van der Waals surface area contributed by atoms with Gasteiger partial charge in [0.25, 0.3) is 0 Å². The van der Waals surface area contributed by atoms with Gasteiger partial charge in [-0.2, -0.15) is 0 Å². The molecule has 13 nitrogen and oxygen atoms in total. The van der Waals surface area contributed by atoms with Crippen LogP contribution < -0.4 is 0 Å². The van der Waals surface area contributed by atoms with Crippen LogP contribution in [0.3, 0.4) is 0 Å². The molecule has 85 heavy (non-hydrogen) atoms. The molecule has 0 radical (unpaired) electrons. The second-order valence-corrected chi connectivity index (χ2v) is 63.8. The van der Waals surface area contributed by atoms with E-state index in [9.17, 15) is 9.90 Å². The molecular formula is C64H130I2O13Si6. The molecule has 0 aromatic heterocycles. The maximum atomic E-state index is 12.3. The second kappa shape index (κ2) is 30.8. The largest absolute Gasteiger partial charge is 0.469 e. The van der Waals surface area contributed by atoms with Gasteiger partial charge in [-0.1, -0.05) is 177 Å². The van der Waals surface area contributed by atoms with Crippen LogP contribution in [0.4, 0.5) is 0 Å². The SMILES string of the molecule is C.CC(C)(C)[Si](C)(C)O[C@@H]1[C@H](O[Si](C)(C)C(C)(C)C)[C@H]([C@H](/C=C/I)O[Si](C)(C)C(C)(C)C)O[C@H]2CC[C@H](CCO)O[C@H]12.COC(=O)C[C@H]1CC[C@@H]2O[C@@H]([C@H](/C=C/I)O[Si](C)(C)C(C)(C)C)[C@@H](O[Si](C)(C)C(C)(C)C)[C@@H](O[Si](C)(C)C(C)(C)C)[C@H]2O1. The van der Waals surface area contributed by atoms with E-state index in [4.69, 9.17) is 50.2 Å². The van der Waals surface area contributed by atoms with Crippen molar-refractivity contribution in [3.05, 3.63) is 20.3 Å². The lowest BCUT2D eigenvalue weighted by molar-refractivity contribution is -0.267. The Hall–Kier alpha value is 1.27. The molecule has 4 aliphatic heterocycles. The van der Waals surface area contributed by atoms with Gasteiger partial charge in [-0.05, 0) is 161 Å². The second-order valence-electron chi connectivity index (χ2n) is 33.9. The molecule has 0 aromatic carbocycles. The molecule has 0 bridgehead atoms. The Morgan fingerprint density at radius 3 is 1.02 bits per heavy atom. The summed E-state index contributed by atoms with van der Waals surface area (Å²) in [6.07, 6.45) is 4.55. The fraction of sp³-hybridized carbons (Fsp3) is 0.922. The average molecular weight is 1530 g/mol. The minimum atomic E-state index is -2.31. The van der Waals surface area contributed by atoms with Gasteiger partial charge in [0.2, 0.25) is 0 Å². The number of fused-ring (bicyclic) bond motifs is 2. The number of rotatable bonds is 20. The molecule has 0 saturated carbocycles. The Balaban J connectivity index is 0.000000574. The van der Waals surface area contributed by atoms with Gasteiger partial charge in [0.1, 0.15) is 48.8 Å². The van der Waals surface area contributed by atoms with Crippen molar-refractivity contribution < 1.29 is 60.1 Å². The number of aliphatic hydroxyl groups excluding tert-OH is 1. The predicted octanol–water partition coefficient (Wildman–Crippen LogP) is 18.4. The first kappa shape index (κ1) is 82.4. The van der Waals surface area contributed by atoms with E-state index in [1.165, 1.54) is 7.11 Å². The quantitative estimate of drug-likeness (QED) is 0.0703. The van der Waals surface area contributed by atoms with Gasteiger partial charge in [0.05, 0.1) is 50.2 Å². The van der Waals surface area contributed by atoms with Crippen LogP contribution in [-0.2, 0) is 55.0 Å². The van der Waals surface area contributed by atoms with E-state index in [2.05, 4.69) is 265 Å².